The molecule has 20 heavy (non-hydrogen) atoms. The number of thiophene rings is 1. The molecule has 1 amide bonds. The monoisotopic (exact) mass is 359 g/mol. The van der Waals surface area contributed by atoms with Gasteiger partial charge in [-0.25, -0.2) is 0 Å². The minimum Gasteiger partial charge on any atom is -0.409 e. The Bertz CT molecular complexity index is 507. The molecule has 1 aromatic heterocycles. The molecule has 0 unspecified atom stereocenters. The minimum absolute atomic E-state index is 0.0991. The van der Waals surface area contributed by atoms with Crippen molar-refractivity contribution >= 4 is 39.0 Å². The van der Waals surface area contributed by atoms with Gasteiger partial charge in [0.05, 0.1) is 9.35 Å². The Morgan fingerprint density at radius 2 is 2.05 bits per heavy atom. The number of halogens is 1. The van der Waals surface area contributed by atoms with Crippen molar-refractivity contribution in [2.75, 3.05) is 0 Å². The SMILES string of the molecule is NC(=NO)C1(NC(=O)c2csc(Br)c2)CCCCCC1. The lowest BCUT2D eigenvalue weighted by atomic mass is 9.88. The van der Waals surface area contributed by atoms with Crippen LogP contribution in [0.2, 0.25) is 0 Å². The molecule has 4 N–H and O–H groups in total. The largest absolute Gasteiger partial charge is 0.409 e. The molecule has 1 aliphatic carbocycles. The van der Waals surface area contributed by atoms with Gasteiger partial charge in [0, 0.05) is 5.38 Å². The summed E-state index contributed by atoms with van der Waals surface area (Å²) in [6.45, 7) is 0. The van der Waals surface area contributed by atoms with Crippen molar-refractivity contribution in [3.63, 3.8) is 0 Å². The second-order valence-corrected chi connectivity index (χ2v) is 7.37. The van der Waals surface area contributed by atoms with E-state index in [0.717, 1.165) is 29.5 Å². The van der Waals surface area contributed by atoms with E-state index in [2.05, 4.69) is 26.4 Å². The first-order valence-corrected chi connectivity index (χ1v) is 8.29. The average Bonchev–Trinajstić information content (AvgIpc) is 2.74. The summed E-state index contributed by atoms with van der Waals surface area (Å²) >= 11 is 4.80. The van der Waals surface area contributed by atoms with Gasteiger partial charge in [0.15, 0.2) is 5.84 Å². The predicted octanol–water partition coefficient (Wildman–Crippen LogP) is 3.08. The fourth-order valence-corrected chi connectivity index (χ4v) is 3.73. The molecule has 1 aliphatic rings. The molecule has 0 bridgehead atoms. The second kappa shape index (κ2) is 6.58. The molecule has 1 heterocycles. The smallest absolute Gasteiger partial charge is 0.252 e. The normalized spacial score (nSPS) is 19.4. The average molecular weight is 360 g/mol. The Labute approximate surface area is 130 Å². The summed E-state index contributed by atoms with van der Waals surface area (Å²) in [7, 11) is 0. The van der Waals surface area contributed by atoms with Gasteiger partial charge in [-0.3, -0.25) is 4.79 Å². The number of hydrogen-bond acceptors (Lipinski definition) is 4. The fourth-order valence-electron chi connectivity index (χ4n) is 2.59. The highest BCUT2D eigenvalue weighted by Gasteiger charge is 2.37. The van der Waals surface area contributed by atoms with Crippen LogP contribution in [0.1, 0.15) is 48.9 Å². The molecule has 110 valence electrons. The summed E-state index contributed by atoms with van der Waals surface area (Å²) in [6, 6.07) is 1.77. The standard InChI is InChI=1S/C13H18BrN3O2S/c14-10-7-9(8-20-10)11(18)16-13(12(15)17-19)5-3-1-2-4-6-13/h7-8,19H,1-6H2,(H2,15,17)(H,16,18). The summed E-state index contributed by atoms with van der Waals surface area (Å²) in [5, 5.41) is 17.0. The Balaban J connectivity index is 2.21. The van der Waals surface area contributed by atoms with Crippen molar-refractivity contribution < 1.29 is 10.0 Å². The third kappa shape index (κ3) is 3.32. The molecule has 1 fully saturated rings. The molecule has 1 saturated carbocycles. The van der Waals surface area contributed by atoms with Crippen LogP contribution in [0.3, 0.4) is 0 Å². The lowest BCUT2D eigenvalue weighted by molar-refractivity contribution is 0.0916. The third-order valence-electron chi connectivity index (χ3n) is 3.74. The van der Waals surface area contributed by atoms with E-state index in [0.29, 0.717) is 18.4 Å². The van der Waals surface area contributed by atoms with Crippen molar-refractivity contribution in [3.05, 3.63) is 20.8 Å². The van der Waals surface area contributed by atoms with Gasteiger partial charge >= 0.3 is 0 Å². The van der Waals surface area contributed by atoms with Crippen LogP contribution in [0.4, 0.5) is 0 Å². The minimum atomic E-state index is -0.725. The highest BCUT2D eigenvalue weighted by Crippen LogP contribution is 2.28. The van der Waals surface area contributed by atoms with Crippen LogP contribution >= 0.6 is 27.3 Å². The summed E-state index contributed by atoms with van der Waals surface area (Å²) in [5.74, 6) is -0.0810. The van der Waals surface area contributed by atoms with Crippen LogP contribution in [0.15, 0.2) is 20.4 Å². The number of nitrogens with two attached hydrogens (primary N) is 1. The van der Waals surface area contributed by atoms with E-state index in [-0.39, 0.29) is 11.7 Å². The number of carbonyl (C=O) groups excluding carboxylic acids is 1. The molecule has 0 saturated heterocycles. The highest BCUT2D eigenvalue weighted by molar-refractivity contribution is 9.11. The molecule has 0 radical (unpaired) electrons. The number of hydrogen-bond donors (Lipinski definition) is 3. The van der Waals surface area contributed by atoms with Gasteiger partial charge in [-0.1, -0.05) is 30.8 Å². The van der Waals surface area contributed by atoms with Crippen molar-refractivity contribution in [2.24, 2.45) is 10.9 Å². The van der Waals surface area contributed by atoms with E-state index in [1.54, 1.807) is 11.4 Å². The van der Waals surface area contributed by atoms with E-state index >= 15 is 0 Å². The highest BCUT2D eigenvalue weighted by atomic mass is 79.9. The van der Waals surface area contributed by atoms with E-state index in [4.69, 9.17) is 10.9 Å². The molecule has 7 heteroatoms. The first-order chi connectivity index (χ1) is 9.57. The lowest BCUT2D eigenvalue weighted by Crippen LogP contribution is -2.57. The Hall–Kier alpha value is -1.08. The van der Waals surface area contributed by atoms with Gasteiger partial charge in [0.1, 0.15) is 5.54 Å². The van der Waals surface area contributed by atoms with Crippen molar-refractivity contribution in [1.29, 1.82) is 0 Å². The van der Waals surface area contributed by atoms with Crippen molar-refractivity contribution in [2.45, 2.75) is 44.1 Å². The number of rotatable bonds is 3. The van der Waals surface area contributed by atoms with Crippen LogP contribution in [0, 0.1) is 0 Å². The summed E-state index contributed by atoms with van der Waals surface area (Å²) < 4.78 is 0.904. The zero-order chi connectivity index (χ0) is 14.6. The van der Waals surface area contributed by atoms with Crippen LogP contribution in [0.5, 0.6) is 0 Å². The Kier molecular flexibility index (Phi) is 5.04. The molecule has 0 aromatic carbocycles. The molecular formula is C13H18BrN3O2S. The molecule has 2 rings (SSSR count). The zero-order valence-corrected chi connectivity index (χ0v) is 13.5. The summed E-state index contributed by atoms with van der Waals surface area (Å²) in [4.78, 5) is 12.3. The molecule has 0 spiro atoms. The Morgan fingerprint density at radius 1 is 1.40 bits per heavy atom. The first kappa shape index (κ1) is 15.3. The van der Waals surface area contributed by atoms with Crippen molar-refractivity contribution in [3.8, 4) is 0 Å². The number of nitrogens with one attached hydrogen (secondary N) is 1. The maximum absolute atomic E-state index is 12.3. The molecular weight excluding hydrogens is 342 g/mol. The van der Waals surface area contributed by atoms with E-state index < -0.39 is 5.54 Å². The maximum atomic E-state index is 12.3. The quantitative estimate of drug-likeness (QED) is 0.255. The third-order valence-corrected chi connectivity index (χ3v) is 5.24. The summed E-state index contributed by atoms with van der Waals surface area (Å²) in [6.07, 6.45) is 5.56. The number of nitrogens with zero attached hydrogens (tertiary/aromatic N) is 1. The van der Waals surface area contributed by atoms with Crippen LogP contribution < -0.4 is 11.1 Å². The number of oxime groups is 1. The fraction of sp³-hybridized carbons (Fsp3) is 0.538. The van der Waals surface area contributed by atoms with E-state index in [1.807, 2.05) is 0 Å². The Morgan fingerprint density at radius 3 is 2.55 bits per heavy atom. The number of amidine groups is 1. The number of amides is 1. The number of carbonyl (C=O) groups is 1. The van der Waals surface area contributed by atoms with E-state index in [9.17, 15) is 4.79 Å². The van der Waals surface area contributed by atoms with Gasteiger partial charge in [0.2, 0.25) is 0 Å². The van der Waals surface area contributed by atoms with Crippen LogP contribution in [-0.2, 0) is 0 Å². The van der Waals surface area contributed by atoms with Gasteiger partial charge in [-0.15, -0.1) is 11.3 Å². The lowest BCUT2D eigenvalue weighted by Gasteiger charge is -2.32. The van der Waals surface area contributed by atoms with Gasteiger partial charge < -0.3 is 16.3 Å². The molecule has 0 atom stereocenters. The van der Waals surface area contributed by atoms with Gasteiger partial charge in [-0.2, -0.15) is 0 Å². The molecule has 1 aromatic rings. The topological polar surface area (TPSA) is 87.7 Å². The van der Waals surface area contributed by atoms with Crippen LogP contribution in [-0.4, -0.2) is 22.5 Å². The zero-order valence-electron chi connectivity index (χ0n) is 11.1. The molecule has 0 aliphatic heterocycles. The van der Waals surface area contributed by atoms with Gasteiger partial charge in [-0.05, 0) is 34.8 Å². The first-order valence-electron chi connectivity index (χ1n) is 6.62. The predicted molar refractivity (Wildman–Crippen MR) is 83.3 cm³/mol. The molecule has 5 nitrogen and oxygen atoms in total. The van der Waals surface area contributed by atoms with Crippen molar-refractivity contribution in [1.82, 2.24) is 5.32 Å². The second-order valence-electron chi connectivity index (χ2n) is 5.08. The van der Waals surface area contributed by atoms with E-state index in [1.165, 1.54) is 11.3 Å². The maximum Gasteiger partial charge on any atom is 0.252 e. The van der Waals surface area contributed by atoms with Crippen LogP contribution in [0.25, 0.3) is 0 Å². The summed E-state index contributed by atoms with van der Waals surface area (Å²) in [5.41, 5.74) is 5.73. The van der Waals surface area contributed by atoms with Gasteiger partial charge in [0.25, 0.3) is 5.91 Å².